The highest BCUT2D eigenvalue weighted by Gasteiger charge is 2.11. The van der Waals surface area contributed by atoms with Crippen LogP contribution in [-0.2, 0) is 16.1 Å². The monoisotopic (exact) mass is 316 g/mol. The number of hydrogen-bond acceptors (Lipinski definition) is 4. The van der Waals surface area contributed by atoms with Crippen molar-refractivity contribution in [3.63, 3.8) is 0 Å². The van der Waals surface area contributed by atoms with E-state index >= 15 is 0 Å². The van der Waals surface area contributed by atoms with E-state index in [1.807, 2.05) is 0 Å². The first kappa shape index (κ1) is 15.7. The van der Waals surface area contributed by atoms with Crippen molar-refractivity contribution in [2.75, 3.05) is 0 Å². The molecule has 0 aliphatic carbocycles. The second-order valence-electron chi connectivity index (χ2n) is 4.25. The predicted octanol–water partition coefficient (Wildman–Crippen LogP) is 1.50. The van der Waals surface area contributed by atoms with Gasteiger partial charge in [-0.2, -0.15) is 5.10 Å². The molecule has 2 amide bonds. The van der Waals surface area contributed by atoms with Crippen LogP contribution in [-0.4, -0.2) is 23.0 Å². The number of hydrogen-bond donors (Lipinski definition) is 2. The number of rotatable bonds is 4. The summed E-state index contributed by atoms with van der Waals surface area (Å²) in [7, 11) is 0. The van der Waals surface area contributed by atoms with Crippen molar-refractivity contribution in [1.29, 1.82) is 0 Å². The molecule has 2 aromatic rings. The molecule has 7 heteroatoms. The van der Waals surface area contributed by atoms with Crippen LogP contribution in [0.15, 0.2) is 53.8 Å². The van der Waals surface area contributed by atoms with E-state index in [2.05, 4.69) is 20.8 Å². The van der Waals surface area contributed by atoms with E-state index in [1.54, 1.807) is 48.7 Å². The molecule has 0 bridgehead atoms. The summed E-state index contributed by atoms with van der Waals surface area (Å²) < 4.78 is 0. The number of nitrogens with zero attached hydrogens (tertiary/aromatic N) is 2. The maximum Gasteiger partial charge on any atom is 0.329 e. The number of carbonyl (C=O) groups excluding carboxylic acids is 2. The lowest BCUT2D eigenvalue weighted by molar-refractivity contribution is -0.139. The van der Waals surface area contributed by atoms with Gasteiger partial charge in [0.1, 0.15) is 0 Å². The van der Waals surface area contributed by atoms with Crippen molar-refractivity contribution in [3.05, 3.63) is 64.9 Å². The van der Waals surface area contributed by atoms with Crippen LogP contribution in [0.3, 0.4) is 0 Å². The highest BCUT2D eigenvalue weighted by Crippen LogP contribution is 2.07. The van der Waals surface area contributed by atoms with Crippen LogP contribution < -0.4 is 10.7 Å². The first-order valence-corrected chi connectivity index (χ1v) is 6.79. The number of halogens is 1. The van der Waals surface area contributed by atoms with Crippen LogP contribution in [0, 0.1) is 0 Å². The summed E-state index contributed by atoms with van der Waals surface area (Å²) >= 11 is 5.75. The smallest absolute Gasteiger partial charge is 0.329 e. The lowest BCUT2D eigenvalue weighted by atomic mass is 10.2. The molecule has 0 saturated heterocycles. The van der Waals surface area contributed by atoms with Gasteiger partial charge < -0.3 is 5.32 Å². The van der Waals surface area contributed by atoms with Crippen LogP contribution in [0.1, 0.15) is 11.3 Å². The van der Waals surface area contributed by atoms with Crippen molar-refractivity contribution in [2.45, 2.75) is 6.54 Å². The lowest BCUT2D eigenvalue weighted by Gasteiger charge is -2.03. The van der Waals surface area contributed by atoms with E-state index in [1.165, 1.54) is 6.21 Å². The first-order valence-electron chi connectivity index (χ1n) is 6.42. The largest absolute Gasteiger partial charge is 0.342 e. The Bertz CT molecular complexity index is 672. The van der Waals surface area contributed by atoms with Gasteiger partial charge in [0, 0.05) is 11.2 Å². The zero-order valence-corrected chi connectivity index (χ0v) is 12.2. The number of carbonyl (C=O) groups is 2. The molecule has 0 aliphatic rings. The summed E-state index contributed by atoms with van der Waals surface area (Å²) in [5.74, 6) is -1.62. The summed E-state index contributed by atoms with van der Waals surface area (Å²) in [5, 5.41) is 6.76. The fourth-order valence-corrected chi connectivity index (χ4v) is 1.64. The van der Waals surface area contributed by atoms with Crippen molar-refractivity contribution < 1.29 is 9.59 Å². The standard InChI is InChI=1S/C15H13ClN4O2/c16-12-6-4-11(5-7-12)9-19-20-15(22)14(21)18-10-13-3-1-2-8-17-13/h1-9H,10H2,(H,18,21)(H,20,22)/b19-9+. The quantitative estimate of drug-likeness (QED) is 0.509. The Labute approximate surface area is 132 Å². The summed E-state index contributed by atoms with van der Waals surface area (Å²) in [5.41, 5.74) is 3.56. The third-order valence-corrected chi connectivity index (χ3v) is 2.86. The molecule has 1 aromatic carbocycles. The van der Waals surface area contributed by atoms with Crippen LogP contribution in [0.4, 0.5) is 0 Å². The fourth-order valence-electron chi connectivity index (χ4n) is 1.52. The van der Waals surface area contributed by atoms with E-state index < -0.39 is 11.8 Å². The van der Waals surface area contributed by atoms with Gasteiger partial charge in [-0.3, -0.25) is 14.6 Å². The van der Waals surface area contributed by atoms with Gasteiger partial charge in [-0.15, -0.1) is 0 Å². The normalized spacial score (nSPS) is 10.4. The molecular formula is C15H13ClN4O2. The molecule has 0 spiro atoms. The molecule has 0 unspecified atom stereocenters. The van der Waals surface area contributed by atoms with E-state index in [0.717, 1.165) is 5.56 Å². The zero-order valence-electron chi connectivity index (χ0n) is 11.5. The summed E-state index contributed by atoms with van der Waals surface area (Å²) in [6, 6.07) is 12.2. The second-order valence-corrected chi connectivity index (χ2v) is 4.69. The molecule has 1 heterocycles. The average Bonchev–Trinajstić information content (AvgIpc) is 2.55. The lowest BCUT2D eigenvalue weighted by Crippen LogP contribution is -2.37. The second kappa shape index (κ2) is 7.90. The number of hydrazone groups is 1. The van der Waals surface area contributed by atoms with E-state index in [-0.39, 0.29) is 6.54 Å². The van der Waals surface area contributed by atoms with Crippen LogP contribution >= 0.6 is 11.6 Å². The number of amides is 2. The third-order valence-electron chi connectivity index (χ3n) is 2.61. The van der Waals surface area contributed by atoms with E-state index in [9.17, 15) is 9.59 Å². The maximum atomic E-state index is 11.6. The highest BCUT2D eigenvalue weighted by atomic mass is 35.5. The molecule has 0 aliphatic heterocycles. The van der Waals surface area contributed by atoms with Gasteiger partial charge in [-0.25, -0.2) is 5.43 Å². The van der Waals surface area contributed by atoms with Crippen LogP contribution in [0.2, 0.25) is 5.02 Å². The summed E-state index contributed by atoms with van der Waals surface area (Å²) in [6.07, 6.45) is 3.03. The summed E-state index contributed by atoms with van der Waals surface area (Å²) in [6.45, 7) is 0.175. The molecule has 2 N–H and O–H groups in total. The van der Waals surface area contributed by atoms with Gasteiger partial charge in [0.15, 0.2) is 0 Å². The maximum absolute atomic E-state index is 11.6. The van der Waals surface area contributed by atoms with Crippen molar-refractivity contribution in [3.8, 4) is 0 Å². The Morgan fingerprint density at radius 1 is 1.14 bits per heavy atom. The van der Waals surface area contributed by atoms with Gasteiger partial charge in [-0.1, -0.05) is 29.8 Å². The molecule has 6 nitrogen and oxygen atoms in total. The number of pyridine rings is 1. The molecule has 0 atom stereocenters. The average molecular weight is 317 g/mol. The fraction of sp³-hybridized carbons (Fsp3) is 0.0667. The molecule has 0 radical (unpaired) electrons. The molecule has 22 heavy (non-hydrogen) atoms. The van der Waals surface area contributed by atoms with Gasteiger partial charge >= 0.3 is 11.8 Å². The zero-order chi connectivity index (χ0) is 15.8. The van der Waals surface area contributed by atoms with Gasteiger partial charge in [0.25, 0.3) is 0 Å². The van der Waals surface area contributed by atoms with Crippen molar-refractivity contribution in [1.82, 2.24) is 15.7 Å². The molecule has 0 fully saturated rings. The Balaban J connectivity index is 1.79. The molecule has 0 saturated carbocycles. The molecule has 2 rings (SSSR count). The molecular weight excluding hydrogens is 304 g/mol. The van der Waals surface area contributed by atoms with Gasteiger partial charge in [-0.05, 0) is 29.8 Å². The van der Waals surface area contributed by atoms with Gasteiger partial charge in [0.2, 0.25) is 0 Å². The molecule has 112 valence electrons. The van der Waals surface area contributed by atoms with Crippen molar-refractivity contribution in [2.24, 2.45) is 5.10 Å². The summed E-state index contributed by atoms with van der Waals surface area (Å²) in [4.78, 5) is 27.1. The van der Waals surface area contributed by atoms with Gasteiger partial charge in [0.05, 0.1) is 18.5 Å². The highest BCUT2D eigenvalue weighted by molar-refractivity contribution is 6.35. The topological polar surface area (TPSA) is 83.5 Å². The Morgan fingerprint density at radius 2 is 1.91 bits per heavy atom. The Kier molecular flexibility index (Phi) is 5.62. The minimum absolute atomic E-state index is 0.175. The first-order chi connectivity index (χ1) is 10.6. The third kappa shape index (κ3) is 4.99. The van der Waals surface area contributed by atoms with Crippen molar-refractivity contribution >= 4 is 29.6 Å². The van der Waals surface area contributed by atoms with Crippen LogP contribution in [0.25, 0.3) is 0 Å². The predicted molar refractivity (Wildman–Crippen MR) is 83.3 cm³/mol. The number of aromatic nitrogens is 1. The minimum Gasteiger partial charge on any atom is -0.342 e. The number of benzene rings is 1. The molecule has 1 aromatic heterocycles. The van der Waals surface area contributed by atoms with E-state index in [4.69, 9.17) is 11.6 Å². The SMILES string of the molecule is O=C(NCc1ccccn1)C(=O)N/N=C/c1ccc(Cl)cc1. The Morgan fingerprint density at radius 3 is 2.59 bits per heavy atom. The van der Waals surface area contributed by atoms with E-state index in [0.29, 0.717) is 10.7 Å². The van der Waals surface area contributed by atoms with Crippen LogP contribution in [0.5, 0.6) is 0 Å². The number of nitrogens with one attached hydrogen (secondary N) is 2. The Hall–Kier alpha value is -2.73. The minimum atomic E-state index is -0.846.